The molecule has 0 radical (unpaired) electrons. The first kappa shape index (κ1) is 24.2. The van der Waals surface area contributed by atoms with Gasteiger partial charge in [0, 0.05) is 37.2 Å². The number of benzene rings is 2. The van der Waals surface area contributed by atoms with E-state index in [4.69, 9.17) is 4.42 Å². The van der Waals surface area contributed by atoms with Crippen LogP contribution in [-0.2, 0) is 6.54 Å². The van der Waals surface area contributed by atoms with Crippen LogP contribution in [0.5, 0.6) is 0 Å². The average Bonchev–Trinajstić information content (AvgIpc) is 3.33. The van der Waals surface area contributed by atoms with Gasteiger partial charge in [0.2, 0.25) is 0 Å². The lowest BCUT2D eigenvalue weighted by Crippen LogP contribution is -2.42. The number of amides is 1. The number of carbonyl (C=O) groups is 1. The van der Waals surface area contributed by atoms with E-state index in [1.807, 2.05) is 25.7 Å². The van der Waals surface area contributed by atoms with Gasteiger partial charge in [0.25, 0.3) is 5.91 Å². The molecule has 1 aromatic heterocycles. The van der Waals surface area contributed by atoms with Gasteiger partial charge in [-0.2, -0.15) is 0 Å². The second kappa shape index (κ2) is 10.1. The molecular formula is C29H35FN2O2. The summed E-state index contributed by atoms with van der Waals surface area (Å²) >= 11 is 0. The van der Waals surface area contributed by atoms with E-state index in [0.29, 0.717) is 18.0 Å². The van der Waals surface area contributed by atoms with E-state index in [1.54, 1.807) is 12.1 Å². The van der Waals surface area contributed by atoms with Crippen molar-refractivity contribution in [1.29, 1.82) is 0 Å². The van der Waals surface area contributed by atoms with Crippen LogP contribution in [0.3, 0.4) is 0 Å². The van der Waals surface area contributed by atoms with E-state index in [-0.39, 0.29) is 23.7 Å². The topological polar surface area (TPSA) is 36.7 Å². The Kier molecular flexibility index (Phi) is 7.22. The highest BCUT2D eigenvalue weighted by Gasteiger charge is 2.37. The fourth-order valence-electron chi connectivity index (χ4n) is 5.12. The molecular weight excluding hydrogens is 427 g/mol. The number of rotatable bonds is 7. The van der Waals surface area contributed by atoms with Gasteiger partial charge < -0.3 is 9.32 Å². The van der Waals surface area contributed by atoms with Gasteiger partial charge in [0.15, 0.2) is 0 Å². The predicted octanol–water partition coefficient (Wildman–Crippen LogP) is 6.11. The third kappa shape index (κ3) is 5.25. The lowest BCUT2D eigenvalue weighted by Gasteiger charge is -2.32. The molecule has 0 spiro atoms. The van der Waals surface area contributed by atoms with Crippen molar-refractivity contribution in [2.24, 2.45) is 5.92 Å². The van der Waals surface area contributed by atoms with Crippen molar-refractivity contribution in [1.82, 2.24) is 9.80 Å². The molecule has 0 N–H and O–H groups in total. The second-order valence-electron chi connectivity index (χ2n) is 9.93. The number of hydrogen-bond donors (Lipinski definition) is 0. The molecule has 4 rings (SSSR count). The first-order valence-corrected chi connectivity index (χ1v) is 12.1. The predicted molar refractivity (Wildman–Crippen MR) is 133 cm³/mol. The third-order valence-corrected chi connectivity index (χ3v) is 7.11. The van der Waals surface area contributed by atoms with Crippen LogP contribution in [0.1, 0.15) is 58.3 Å². The largest absolute Gasteiger partial charge is 0.465 e. The summed E-state index contributed by atoms with van der Waals surface area (Å²) in [5.41, 5.74) is 4.33. The smallest absolute Gasteiger partial charge is 0.254 e. The van der Waals surface area contributed by atoms with Crippen molar-refractivity contribution < 1.29 is 13.6 Å². The van der Waals surface area contributed by atoms with E-state index in [2.05, 4.69) is 49.1 Å². The van der Waals surface area contributed by atoms with E-state index in [0.717, 1.165) is 31.2 Å². The van der Waals surface area contributed by atoms with E-state index < -0.39 is 0 Å². The Morgan fingerprint density at radius 2 is 1.76 bits per heavy atom. The van der Waals surface area contributed by atoms with Gasteiger partial charge >= 0.3 is 0 Å². The summed E-state index contributed by atoms with van der Waals surface area (Å²) in [5, 5.41) is 0. The first-order chi connectivity index (χ1) is 16.2. The summed E-state index contributed by atoms with van der Waals surface area (Å²) in [6.07, 6.45) is 0. The molecule has 2 aromatic carbocycles. The summed E-state index contributed by atoms with van der Waals surface area (Å²) in [4.78, 5) is 17.8. The van der Waals surface area contributed by atoms with Gasteiger partial charge in [-0.1, -0.05) is 24.3 Å². The Balaban J connectivity index is 1.59. The number of furan rings is 1. The number of likely N-dealkylation sites (tertiary alicyclic amines) is 1. The first-order valence-electron chi connectivity index (χ1n) is 12.1. The fraction of sp³-hybridized carbons (Fsp3) is 0.414. The molecule has 0 unspecified atom stereocenters. The second-order valence-corrected chi connectivity index (χ2v) is 9.93. The Bertz CT molecular complexity index is 1120. The summed E-state index contributed by atoms with van der Waals surface area (Å²) < 4.78 is 19.4. The molecule has 1 aliphatic rings. The molecule has 1 saturated heterocycles. The fourth-order valence-corrected chi connectivity index (χ4v) is 5.12. The Labute approximate surface area is 202 Å². The lowest BCUT2D eigenvalue weighted by atomic mass is 9.86. The van der Waals surface area contributed by atoms with Gasteiger partial charge in [-0.3, -0.25) is 9.69 Å². The number of hydrogen-bond acceptors (Lipinski definition) is 3. The minimum atomic E-state index is -0.331. The molecule has 180 valence electrons. The highest BCUT2D eigenvalue weighted by Crippen LogP contribution is 2.36. The molecule has 1 fully saturated rings. The molecule has 0 aliphatic carbocycles. The van der Waals surface area contributed by atoms with Gasteiger partial charge in [0.05, 0.1) is 6.54 Å². The zero-order chi connectivity index (χ0) is 24.4. The van der Waals surface area contributed by atoms with Crippen molar-refractivity contribution in [3.05, 3.63) is 94.2 Å². The van der Waals surface area contributed by atoms with Gasteiger partial charge in [-0.25, -0.2) is 4.39 Å². The maximum Gasteiger partial charge on any atom is 0.254 e. The summed E-state index contributed by atoms with van der Waals surface area (Å²) in [6.45, 7) is 13.6. The molecule has 1 amide bonds. The van der Waals surface area contributed by atoms with Crippen LogP contribution < -0.4 is 0 Å². The number of aryl methyl sites for hydroxylation is 3. The van der Waals surface area contributed by atoms with Crippen LogP contribution in [0.15, 0.2) is 59.0 Å². The monoisotopic (exact) mass is 462 g/mol. The minimum absolute atomic E-state index is 0.0412. The average molecular weight is 463 g/mol. The zero-order valence-corrected chi connectivity index (χ0v) is 20.8. The highest BCUT2D eigenvalue weighted by atomic mass is 19.1. The van der Waals surface area contributed by atoms with Crippen LogP contribution in [-0.4, -0.2) is 41.4 Å². The Morgan fingerprint density at radius 3 is 2.38 bits per heavy atom. The molecule has 5 heteroatoms. The molecule has 3 aromatic rings. The molecule has 0 bridgehead atoms. The highest BCUT2D eigenvalue weighted by molar-refractivity contribution is 5.94. The van der Waals surface area contributed by atoms with Crippen LogP contribution >= 0.6 is 0 Å². The van der Waals surface area contributed by atoms with Crippen molar-refractivity contribution in [2.75, 3.05) is 19.6 Å². The number of carbonyl (C=O) groups excluding carboxylic acids is 1. The summed E-state index contributed by atoms with van der Waals surface area (Å²) in [5.74, 6) is 2.18. The van der Waals surface area contributed by atoms with Crippen LogP contribution in [0.4, 0.5) is 4.39 Å². The van der Waals surface area contributed by atoms with Crippen molar-refractivity contribution in [3.63, 3.8) is 0 Å². The van der Waals surface area contributed by atoms with Gasteiger partial charge in [-0.05, 0) is 87.6 Å². The summed E-state index contributed by atoms with van der Waals surface area (Å²) in [7, 11) is 0. The van der Waals surface area contributed by atoms with Crippen LogP contribution in [0.25, 0.3) is 0 Å². The number of nitrogens with zero attached hydrogens (tertiary/aromatic N) is 2. The minimum Gasteiger partial charge on any atom is -0.465 e. The molecule has 0 saturated carbocycles. The molecule has 1 aliphatic heterocycles. The van der Waals surface area contributed by atoms with E-state index in [1.165, 1.54) is 28.8 Å². The third-order valence-electron chi connectivity index (χ3n) is 7.11. The van der Waals surface area contributed by atoms with Gasteiger partial charge in [0.1, 0.15) is 17.3 Å². The van der Waals surface area contributed by atoms with E-state index >= 15 is 0 Å². The zero-order valence-electron chi connectivity index (χ0n) is 20.8. The Hall–Kier alpha value is -2.92. The van der Waals surface area contributed by atoms with Crippen molar-refractivity contribution in [2.45, 2.75) is 53.1 Å². The van der Waals surface area contributed by atoms with Crippen molar-refractivity contribution >= 4 is 5.91 Å². The Morgan fingerprint density at radius 1 is 1.06 bits per heavy atom. The van der Waals surface area contributed by atoms with Gasteiger partial charge in [-0.15, -0.1) is 0 Å². The van der Waals surface area contributed by atoms with E-state index in [9.17, 15) is 9.18 Å². The standard InChI is InChI=1S/C29H35FN2O2/c1-19(2)32(29(33)23-10-12-25(30)13-11-23)16-24-15-31(17-26-14-21(4)22(5)34-26)18-28(24)27-9-7-6-8-20(27)3/h6-14,19,24,28H,15-18H2,1-5H3/t24-,28-/m0/s1. The molecule has 34 heavy (non-hydrogen) atoms. The molecule has 4 nitrogen and oxygen atoms in total. The summed E-state index contributed by atoms with van der Waals surface area (Å²) in [6, 6.07) is 16.6. The normalized spacial score (nSPS) is 18.6. The quantitative estimate of drug-likeness (QED) is 0.425. The maximum absolute atomic E-state index is 13.4. The van der Waals surface area contributed by atoms with Crippen molar-refractivity contribution in [3.8, 4) is 0 Å². The number of halogens is 1. The molecule has 2 heterocycles. The van der Waals surface area contributed by atoms with Crippen LogP contribution in [0, 0.1) is 32.5 Å². The maximum atomic E-state index is 13.4. The lowest BCUT2D eigenvalue weighted by molar-refractivity contribution is 0.0668. The SMILES string of the molecule is Cc1ccccc1[C@H]1CN(Cc2cc(C)c(C)o2)C[C@H]1CN(C(=O)c1ccc(F)cc1)C(C)C. The molecule has 2 atom stereocenters. The van der Waals surface area contributed by atoms with Crippen LogP contribution in [0.2, 0.25) is 0 Å².